The van der Waals surface area contributed by atoms with E-state index in [1.807, 2.05) is 213 Å². The van der Waals surface area contributed by atoms with Gasteiger partial charge in [-0.2, -0.15) is 0 Å². The molecular weight excluding hydrogens is 1800 g/mol. The minimum atomic E-state index is -0.466. The molecule has 7 heterocycles. The number of hydrogen-bond donors (Lipinski definition) is 0. The van der Waals surface area contributed by atoms with Crippen LogP contribution in [0.15, 0.2) is 308 Å². The fourth-order valence-electron chi connectivity index (χ4n) is 14.2. The molecule has 142 heavy (non-hydrogen) atoms. The Bertz CT molecular complexity index is 6190. The monoisotopic (exact) mass is 1930 g/mol. The Kier molecular flexibility index (Phi) is 47.2. The zero-order valence-electron chi connectivity index (χ0n) is 84.8. The van der Waals surface area contributed by atoms with E-state index in [0.29, 0.717) is 46.5 Å². The smallest absolute Gasteiger partial charge is 0.357 e. The van der Waals surface area contributed by atoms with Gasteiger partial charge in [-0.05, 0) is 257 Å². The maximum absolute atomic E-state index is 12.2. The molecule has 0 N–H and O–H groups in total. The van der Waals surface area contributed by atoms with Crippen LogP contribution < -0.4 is 9.47 Å². The molecule has 7 aromatic heterocycles. The van der Waals surface area contributed by atoms with Gasteiger partial charge in [-0.15, -0.1) is 11.8 Å². The first kappa shape index (κ1) is 111. The topological polar surface area (TPSA) is 266 Å². The number of unbranched alkanes of at least 4 members (excludes halogenated alkanes) is 6. The first-order valence-electron chi connectivity index (χ1n) is 49.1. The van der Waals surface area contributed by atoms with Crippen LogP contribution in [0, 0.1) is 0 Å². The van der Waals surface area contributed by atoms with Gasteiger partial charge < -0.3 is 37.9 Å². The minimum Gasteiger partial charge on any atom is -0.497 e. The van der Waals surface area contributed by atoms with E-state index in [2.05, 4.69) is 160 Å². The van der Waals surface area contributed by atoms with Gasteiger partial charge in [0, 0.05) is 62.8 Å². The molecule has 0 aliphatic rings. The quantitative estimate of drug-likeness (QED) is 0.0151. The Morgan fingerprint density at radius 3 is 1.00 bits per heavy atom. The molecule has 0 bridgehead atoms. The van der Waals surface area contributed by atoms with Crippen molar-refractivity contribution in [2.75, 3.05) is 26.1 Å². The third-order valence-electron chi connectivity index (χ3n) is 21.2. The van der Waals surface area contributed by atoms with Crippen molar-refractivity contribution < 1.29 is 66.7 Å². The van der Waals surface area contributed by atoms with Gasteiger partial charge in [0.05, 0.1) is 85.0 Å². The summed E-state index contributed by atoms with van der Waals surface area (Å²) in [5.74, 6) is 0.0741. The number of rotatable bonds is 38. The zero-order chi connectivity index (χ0) is 102. The van der Waals surface area contributed by atoms with Crippen LogP contribution in [0.25, 0.3) is 78.7 Å². The summed E-state index contributed by atoms with van der Waals surface area (Å²) < 4.78 is 42.1. The van der Waals surface area contributed by atoms with Gasteiger partial charge in [0.1, 0.15) is 40.0 Å². The highest BCUT2D eigenvalue weighted by Crippen LogP contribution is 2.31. The van der Waals surface area contributed by atoms with E-state index < -0.39 is 11.9 Å². The van der Waals surface area contributed by atoms with Gasteiger partial charge in [-0.1, -0.05) is 249 Å². The molecular formula is C120H135N7O14S. The molecule has 0 fully saturated rings. The molecule has 0 amide bonds. The van der Waals surface area contributed by atoms with E-state index in [0.717, 1.165) is 130 Å². The van der Waals surface area contributed by atoms with E-state index >= 15 is 0 Å². The predicted octanol–water partition coefficient (Wildman–Crippen LogP) is 28.5. The SMILES string of the molecule is CC(C)OC(=O)c1cccc(-c2ccc(CCc3ccccc3)cc2)n1.CCCCCCOc1ccc(-c2cccc(C(=O)OC(C)C)n2)cc1.CCCCCCc1ccc(-c2cccc(C(=O)OC(C)C)n2)cc1.CCCc1ccc(-c2cccc(C(=O)OCC)n2)cc1.CCSc1ccc(-c2cccc(C(=O)OC(C)C)n2)cc1.COc1cc(C(=O)OC(C)C)nc(-c2ccc(-c3cccnc3)cc2)c1. The maximum Gasteiger partial charge on any atom is 0.357 e. The van der Waals surface area contributed by atoms with Crippen LogP contribution in [0.2, 0.25) is 0 Å². The number of methoxy groups -OCH3 is 1. The number of ether oxygens (including phenoxy) is 8. The average Bonchev–Trinajstić information content (AvgIpc) is 0.850. The first-order valence-corrected chi connectivity index (χ1v) is 50.1. The summed E-state index contributed by atoms with van der Waals surface area (Å²) in [6, 6.07) is 93.9. The van der Waals surface area contributed by atoms with Crippen molar-refractivity contribution in [1.29, 1.82) is 0 Å². The van der Waals surface area contributed by atoms with Crippen molar-refractivity contribution in [3.8, 4) is 90.2 Å². The van der Waals surface area contributed by atoms with Crippen LogP contribution >= 0.6 is 11.8 Å². The number of aromatic nitrogens is 7. The number of pyridine rings is 7. The molecule has 740 valence electrons. The Morgan fingerprint density at radius 2 is 0.627 bits per heavy atom. The lowest BCUT2D eigenvalue weighted by Gasteiger charge is -2.11. The third-order valence-corrected chi connectivity index (χ3v) is 22.1. The summed E-state index contributed by atoms with van der Waals surface area (Å²) in [6.45, 7) is 29.8. The molecule has 0 aliphatic heterocycles. The standard InChI is InChI=1S/C23H23NO2.C21H20N2O3.C21H27NO3.C21H27NO2.C17H19NO2S.C17H19NO2/c1-17(2)26-23(25)22-10-6-9-21(24-22)20-15-13-19(14-16-20)12-11-18-7-4-3-5-8-18;1-14(2)26-21(24)20-12-18(25-3)11-19(23-20)16-8-6-15(7-9-16)17-5-4-10-22-13-17;1-4-5-6-7-15-24-18-13-11-17(12-14-18)19-9-8-10-20(22-19)21(23)25-16(2)3;1-4-5-6-7-9-17-12-14-18(15-13-17)19-10-8-11-20(22-19)21(23)24-16(2)3;1-4-21-14-10-8-13(9-11-14)15-6-5-7-16(18-15)17(19)20-12(2)3;1-3-6-13-9-11-14(12-10-13)15-7-5-8-16(18-15)17(19)20-4-2/h3-10,13-17H,11-12H2,1-2H3;4-14H,1-3H3;8-14,16H,4-7,15H2,1-3H3;8,10-16H,4-7,9H2,1-3H3;5-12H,4H2,1-3H3;5,7-12H,3-4,6H2,1-2H3. The fourth-order valence-corrected chi connectivity index (χ4v) is 14.9. The number of thioether (sulfide) groups is 1. The summed E-state index contributed by atoms with van der Waals surface area (Å²) in [6.07, 6.45) is 18.0. The second kappa shape index (κ2) is 60.4. The van der Waals surface area contributed by atoms with E-state index in [1.54, 1.807) is 88.3 Å². The highest BCUT2D eigenvalue weighted by molar-refractivity contribution is 7.99. The second-order valence-corrected chi connectivity index (χ2v) is 36.0. The van der Waals surface area contributed by atoms with Crippen LogP contribution in [-0.4, -0.2) is 127 Å². The van der Waals surface area contributed by atoms with Crippen LogP contribution in [-0.2, 0) is 54.1 Å². The van der Waals surface area contributed by atoms with Crippen molar-refractivity contribution >= 4 is 47.6 Å². The number of esters is 6. The Hall–Kier alpha value is -14.6. The molecule has 0 saturated heterocycles. The van der Waals surface area contributed by atoms with Gasteiger partial charge in [-0.3, -0.25) is 4.98 Å². The van der Waals surface area contributed by atoms with Gasteiger partial charge in [0.15, 0.2) is 5.69 Å². The third kappa shape index (κ3) is 38.5. The lowest BCUT2D eigenvalue weighted by atomic mass is 10.0. The molecule has 14 rings (SSSR count). The normalized spacial score (nSPS) is 10.7. The van der Waals surface area contributed by atoms with Gasteiger partial charge in [0.2, 0.25) is 0 Å². The molecule has 0 spiro atoms. The number of carbonyl (C=O) groups excluding carboxylic acids is 6. The molecule has 22 heteroatoms. The summed E-state index contributed by atoms with van der Waals surface area (Å²) in [7, 11) is 1.56. The van der Waals surface area contributed by atoms with Crippen molar-refractivity contribution in [2.24, 2.45) is 0 Å². The summed E-state index contributed by atoms with van der Waals surface area (Å²) in [5, 5.41) is 0. The minimum absolute atomic E-state index is 0.144. The molecule has 0 aliphatic carbocycles. The maximum atomic E-state index is 12.2. The number of carbonyl (C=O) groups is 6. The Balaban J connectivity index is 0.000000191. The second-order valence-electron chi connectivity index (χ2n) is 34.7. The Morgan fingerprint density at radius 1 is 0.282 bits per heavy atom. The number of hydrogen-bond acceptors (Lipinski definition) is 22. The highest BCUT2D eigenvalue weighted by Gasteiger charge is 2.20. The van der Waals surface area contributed by atoms with Gasteiger partial charge in [-0.25, -0.2) is 58.7 Å². The van der Waals surface area contributed by atoms with Crippen LogP contribution in [0.1, 0.15) is 247 Å². The highest BCUT2D eigenvalue weighted by atomic mass is 32.2. The first-order chi connectivity index (χ1) is 68.7. The zero-order valence-corrected chi connectivity index (χ0v) is 85.6. The van der Waals surface area contributed by atoms with Crippen LogP contribution in [0.4, 0.5) is 0 Å². The molecule has 7 aromatic carbocycles. The largest absolute Gasteiger partial charge is 0.497 e. The van der Waals surface area contributed by atoms with Crippen molar-refractivity contribution in [1.82, 2.24) is 34.9 Å². The average molecular weight is 1930 g/mol. The van der Waals surface area contributed by atoms with Crippen molar-refractivity contribution in [3.05, 3.63) is 360 Å². The number of nitrogens with zero attached hydrogens (tertiary/aromatic N) is 7. The van der Waals surface area contributed by atoms with Crippen molar-refractivity contribution in [2.45, 2.75) is 223 Å². The predicted molar refractivity (Wildman–Crippen MR) is 568 cm³/mol. The van der Waals surface area contributed by atoms with E-state index in [4.69, 9.17) is 37.9 Å². The lowest BCUT2D eigenvalue weighted by Crippen LogP contribution is -2.13. The molecule has 0 saturated carbocycles. The summed E-state index contributed by atoms with van der Waals surface area (Å²) in [4.78, 5) is 104. The summed E-state index contributed by atoms with van der Waals surface area (Å²) >= 11 is 1.80. The molecule has 0 radical (unpaired) electrons. The molecule has 14 aromatic rings. The lowest BCUT2D eigenvalue weighted by molar-refractivity contribution is 0.0360. The number of benzene rings is 7. The molecule has 0 unspecified atom stereocenters. The van der Waals surface area contributed by atoms with Gasteiger partial charge in [0.25, 0.3) is 0 Å². The molecule has 0 atom stereocenters. The molecule has 21 nitrogen and oxygen atoms in total. The number of aryl methyl sites for hydroxylation is 4. The van der Waals surface area contributed by atoms with E-state index in [1.165, 1.54) is 72.1 Å². The fraction of sp³-hybridized carbons (Fsp3) is 0.308. The van der Waals surface area contributed by atoms with Crippen LogP contribution in [0.3, 0.4) is 0 Å². The van der Waals surface area contributed by atoms with Gasteiger partial charge >= 0.3 is 35.8 Å². The summed E-state index contributed by atoms with van der Waals surface area (Å²) in [5.41, 5.74) is 19.7. The van der Waals surface area contributed by atoms with E-state index in [9.17, 15) is 28.8 Å². The van der Waals surface area contributed by atoms with E-state index in [-0.39, 0.29) is 60.1 Å². The van der Waals surface area contributed by atoms with Crippen molar-refractivity contribution in [3.63, 3.8) is 0 Å². The van der Waals surface area contributed by atoms with Crippen LogP contribution in [0.5, 0.6) is 11.5 Å². The Labute approximate surface area is 842 Å².